The fourth-order valence-corrected chi connectivity index (χ4v) is 1.60. The predicted molar refractivity (Wildman–Crippen MR) is 64.5 cm³/mol. The van der Waals surface area contributed by atoms with Crippen molar-refractivity contribution in [2.45, 2.75) is 12.8 Å². The second-order valence-corrected chi connectivity index (χ2v) is 4.01. The second kappa shape index (κ2) is 5.71. The molecule has 0 bridgehead atoms. The summed E-state index contributed by atoms with van der Waals surface area (Å²) < 4.78 is 6.05. The largest absolute Gasteiger partial charge is 0.496 e. The Morgan fingerprint density at radius 3 is 2.93 bits per heavy atom. The van der Waals surface area contributed by atoms with Gasteiger partial charge in [0.2, 0.25) is 0 Å². The van der Waals surface area contributed by atoms with E-state index in [1.54, 1.807) is 25.3 Å². The van der Waals surface area contributed by atoms with Crippen LogP contribution in [0.3, 0.4) is 0 Å². The van der Waals surface area contributed by atoms with Gasteiger partial charge in [-0.05, 0) is 24.6 Å². The van der Waals surface area contributed by atoms with Gasteiger partial charge in [-0.15, -0.1) is 6.58 Å². The molecule has 0 atom stereocenters. The summed E-state index contributed by atoms with van der Waals surface area (Å²) in [6.07, 6.45) is 2.91. The van der Waals surface area contributed by atoms with Gasteiger partial charge >= 0.3 is 0 Å². The highest BCUT2D eigenvalue weighted by Crippen LogP contribution is 2.24. The summed E-state index contributed by atoms with van der Waals surface area (Å²) in [4.78, 5) is 11.8. The zero-order valence-electron chi connectivity index (χ0n) is 8.63. The Labute approximate surface area is 98.1 Å². The first-order valence-electron chi connectivity index (χ1n) is 4.66. The maximum atomic E-state index is 11.8. The monoisotopic (exact) mass is 268 g/mol. The number of ketones is 1. The summed E-state index contributed by atoms with van der Waals surface area (Å²) in [5.74, 6) is 0.692. The lowest BCUT2D eigenvalue weighted by atomic mass is 10.1. The van der Waals surface area contributed by atoms with Crippen molar-refractivity contribution in [1.82, 2.24) is 0 Å². The average molecular weight is 269 g/mol. The van der Waals surface area contributed by atoms with E-state index in [9.17, 15) is 4.79 Å². The van der Waals surface area contributed by atoms with E-state index in [2.05, 4.69) is 22.5 Å². The third kappa shape index (κ3) is 3.20. The molecule has 1 aromatic rings. The molecule has 0 aromatic heterocycles. The molecule has 0 aliphatic heterocycles. The Morgan fingerprint density at radius 2 is 2.33 bits per heavy atom. The Morgan fingerprint density at radius 1 is 1.60 bits per heavy atom. The first-order chi connectivity index (χ1) is 7.19. The number of carbonyl (C=O) groups excluding carboxylic acids is 1. The van der Waals surface area contributed by atoms with Gasteiger partial charge in [0, 0.05) is 10.9 Å². The fourth-order valence-electron chi connectivity index (χ4n) is 1.26. The maximum absolute atomic E-state index is 11.8. The molecule has 0 aliphatic rings. The highest BCUT2D eigenvalue weighted by Gasteiger charge is 2.11. The number of halogens is 1. The summed E-state index contributed by atoms with van der Waals surface area (Å²) in [6.45, 7) is 3.59. The van der Waals surface area contributed by atoms with Crippen molar-refractivity contribution in [3.05, 3.63) is 40.9 Å². The number of Topliss-reactive ketones (excluding diaryl/α,β-unsaturated/α-hetero) is 1. The minimum atomic E-state index is 0.0826. The number of benzene rings is 1. The van der Waals surface area contributed by atoms with Crippen LogP contribution in [0.4, 0.5) is 0 Å². The highest BCUT2D eigenvalue weighted by atomic mass is 79.9. The summed E-state index contributed by atoms with van der Waals surface area (Å²) in [6, 6.07) is 5.40. The summed E-state index contributed by atoms with van der Waals surface area (Å²) in [5.41, 5.74) is 0.627. The van der Waals surface area contributed by atoms with Crippen LogP contribution in [-0.2, 0) is 0 Å². The number of rotatable bonds is 5. The number of hydrogen-bond donors (Lipinski definition) is 0. The van der Waals surface area contributed by atoms with Gasteiger partial charge in [0.25, 0.3) is 0 Å². The minimum absolute atomic E-state index is 0.0826. The van der Waals surface area contributed by atoms with Crippen LogP contribution in [0.2, 0.25) is 0 Å². The number of methoxy groups -OCH3 is 1. The van der Waals surface area contributed by atoms with Gasteiger partial charge in [-0.25, -0.2) is 0 Å². The average Bonchev–Trinajstić information content (AvgIpc) is 2.25. The molecule has 0 saturated carbocycles. The van der Waals surface area contributed by atoms with Gasteiger partial charge in [0.1, 0.15) is 5.75 Å². The maximum Gasteiger partial charge on any atom is 0.166 e. The van der Waals surface area contributed by atoms with Crippen LogP contribution >= 0.6 is 15.9 Å². The molecule has 0 N–H and O–H groups in total. The summed E-state index contributed by atoms with van der Waals surface area (Å²) in [7, 11) is 1.56. The Balaban J connectivity index is 2.92. The van der Waals surface area contributed by atoms with E-state index in [4.69, 9.17) is 4.74 Å². The lowest BCUT2D eigenvalue weighted by molar-refractivity contribution is 0.0981. The number of allylic oxidation sites excluding steroid dienone is 1. The summed E-state index contributed by atoms with van der Waals surface area (Å²) in [5, 5.41) is 0. The molecule has 0 amide bonds. The second-order valence-electron chi connectivity index (χ2n) is 3.10. The van der Waals surface area contributed by atoms with E-state index in [-0.39, 0.29) is 5.78 Å². The molecule has 80 valence electrons. The molecule has 3 heteroatoms. The fraction of sp³-hybridized carbons (Fsp3) is 0.250. The molecular weight excluding hydrogens is 256 g/mol. The molecular formula is C12H13BrO2. The van der Waals surface area contributed by atoms with Crippen molar-refractivity contribution in [3.63, 3.8) is 0 Å². The molecule has 0 heterocycles. The van der Waals surface area contributed by atoms with Crippen molar-refractivity contribution in [2.24, 2.45) is 0 Å². The Bertz CT molecular complexity index is 372. The van der Waals surface area contributed by atoms with Crippen LogP contribution in [0.5, 0.6) is 5.75 Å². The van der Waals surface area contributed by atoms with E-state index in [0.29, 0.717) is 24.2 Å². The number of hydrogen-bond acceptors (Lipinski definition) is 2. The first kappa shape index (κ1) is 12.0. The van der Waals surface area contributed by atoms with E-state index in [1.165, 1.54) is 0 Å². The Hall–Kier alpha value is -1.09. The van der Waals surface area contributed by atoms with Gasteiger partial charge in [-0.1, -0.05) is 22.0 Å². The van der Waals surface area contributed by atoms with Crippen molar-refractivity contribution in [3.8, 4) is 5.75 Å². The topological polar surface area (TPSA) is 26.3 Å². The molecule has 0 unspecified atom stereocenters. The van der Waals surface area contributed by atoms with Crippen molar-refractivity contribution < 1.29 is 9.53 Å². The van der Waals surface area contributed by atoms with Gasteiger partial charge < -0.3 is 4.74 Å². The number of carbonyl (C=O) groups is 1. The lowest BCUT2D eigenvalue weighted by Gasteiger charge is -2.07. The van der Waals surface area contributed by atoms with Gasteiger partial charge in [-0.2, -0.15) is 0 Å². The molecule has 1 rings (SSSR count). The zero-order valence-corrected chi connectivity index (χ0v) is 10.2. The van der Waals surface area contributed by atoms with Gasteiger partial charge in [0.15, 0.2) is 5.78 Å². The van der Waals surface area contributed by atoms with Gasteiger partial charge in [-0.3, -0.25) is 4.79 Å². The van der Waals surface area contributed by atoms with E-state index in [0.717, 1.165) is 4.47 Å². The van der Waals surface area contributed by atoms with Crippen LogP contribution in [0.25, 0.3) is 0 Å². The first-order valence-corrected chi connectivity index (χ1v) is 5.46. The highest BCUT2D eigenvalue weighted by molar-refractivity contribution is 9.10. The smallest absolute Gasteiger partial charge is 0.166 e. The normalized spacial score (nSPS) is 9.73. The Kier molecular flexibility index (Phi) is 4.56. The molecule has 0 fully saturated rings. The molecule has 2 nitrogen and oxygen atoms in total. The number of ether oxygens (including phenoxy) is 1. The molecule has 0 aliphatic carbocycles. The van der Waals surface area contributed by atoms with E-state index in [1.807, 2.05) is 6.07 Å². The van der Waals surface area contributed by atoms with Crippen LogP contribution in [0.1, 0.15) is 23.2 Å². The SMILES string of the molecule is C=CCCC(=O)c1ccc(Br)cc1OC. The van der Waals surface area contributed by atoms with Crippen LogP contribution < -0.4 is 4.74 Å². The van der Waals surface area contributed by atoms with Crippen LogP contribution in [0.15, 0.2) is 35.3 Å². The van der Waals surface area contributed by atoms with E-state index >= 15 is 0 Å². The molecule has 0 saturated heterocycles. The standard InChI is InChI=1S/C12H13BrO2/c1-3-4-5-11(14)10-7-6-9(13)8-12(10)15-2/h3,6-8H,1,4-5H2,2H3. The third-order valence-electron chi connectivity index (χ3n) is 2.04. The zero-order chi connectivity index (χ0) is 11.3. The summed E-state index contributed by atoms with van der Waals surface area (Å²) >= 11 is 3.33. The lowest BCUT2D eigenvalue weighted by Crippen LogP contribution is -2.01. The van der Waals surface area contributed by atoms with Crippen LogP contribution in [-0.4, -0.2) is 12.9 Å². The molecule has 0 spiro atoms. The minimum Gasteiger partial charge on any atom is -0.496 e. The molecule has 15 heavy (non-hydrogen) atoms. The van der Waals surface area contributed by atoms with Gasteiger partial charge in [0.05, 0.1) is 12.7 Å². The van der Waals surface area contributed by atoms with E-state index < -0.39 is 0 Å². The quantitative estimate of drug-likeness (QED) is 0.603. The van der Waals surface area contributed by atoms with Crippen molar-refractivity contribution >= 4 is 21.7 Å². The predicted octanol–water partition coefficient (Wildman–Crippen LogP) is 3.61. The molecule has 0 radical (unpaired) electrons. The molecule has 1 aromatic carbocycles. The van der Waals surface area contributed by atoms with Crippen molar-refractivity contribution in [1.29, 1.82) is 0 Å². The third-order valence-corrected chi connectivity index (χ3v) is 2.53. The van der Waals surface area contributed by atoms with Crippen LogP contribution in [0, 0.1) is 0 Å². The van der Waals surface area contributed by atoms with Crippen molar-refractivity contribution in [2.75, 3.05) is 7.11 Å².